The highest BCUT2D eigenvalue weighted by Crippen LogP contribution is 2.57. The topological polar surface area (TPSA) is 12.0 Å². The van der Waals surface area contributed by atoms with E-state index in [0.717, 1.165) is 17.8 Å². The van der Waals surface area contributed by atoms with Gasteiger partial charge >= 0.3 is 0 Å². The molecule has 20 heavy (non-hydrogen) atoms. The van der Waals surface area contributed by atoms with Crippen LogP contribution in [-0.4, -0.2) is 7.05 Å². The number of benzene rings is 1. The van der Waals surface area contributed by atoms with Crippen molar-refractivity contribution in [3.63, 3.8) is 0 Å². The van der Waals surface area contributed by atoms with E-state index in [0.29, 0.717) is 6.04 Å². The Balaban J connectivity index is 2.03. The lowest BCUT2D eigenvalue weighted by atomic mass is 9.80. The summed E-state index contributed by atoms with van der Waals surface area (Å²) >= 11 is 0. The largest absolute Gasteiger partial charge is 0.313 e. The van der Waals surface area contributed by atoms with Crippen molar-refractivity contribution in [1.29, 1.82) is 0 Å². The summed E-state index contributed by atoms with van der Waals surface area (Å²) in [7, 11) is 2.15. The Hall–Kier alpha value is -0.820. The monoisotopic (exact) mass is 271 g/mol. The summed E-state index contributed by atoms with van der Waals surface area (Å²) in [5.74, 6) is 2.97. The predicted octanol–water partition coefficient (Wildman–Crippen LogP) is 4.54. The fourth-order valence-corrected chi connectivity index (χ4v) is 4.65. The van der Waals surface area contributed by atoms with Crippen molar-refractivity contribution < 1.29 is 0 Å². The molecule has 2 aliphatic carbocycles. The molecule has 1 heteroatoms. The third-order valence-corrected chi connectivity index (χ3v) is 6.43. The smallest absolute Gasteiger partial charge is 0.0351 e. The van der Waals surface area contributed by atoms with Crippen molar-refractivity contribution in [3.05, 3.63) is 33.4 Å². The molecule has 1 N–H and O–H groups in total. The normalized spacial score (nSPS) is 29.4. The minimum absolute atomic E-state index is 0.556. The van der Waals surface area contributed by atoms with Gasteiger partial charge in [-0.05, 0) is 112 Å². The molecule has 0 radical (unpaired) electrons. The van der Waals surface area contributed by atoms with E-state index in [1.165, 1.54) is 47.1 Å². The molecule has 3 rings (SSSR count). The van der Waals surface area contributed by atoms with Gasteiger partial charge in [0, 0.05) is 6.04 Å². The average molecular weight is 271 g/mol. The number of hydrogen-bond donors (Lipinski definition) is 1. The maximum absolute atomic E-state index is 3.66. The molecule has 0 aliphatic heterocycles. The van der Waals surface area contributed by atoms with E-state index in [9.17, 15) is 0 Å². The van der Waals surface area contributed by atoms with Crippen molar-refractivity contribution in [1.82, 2.24) is 5.32 Å². The standard InChI is InChI=1S/C19H29N/c1-10-11(2)13(4)18(14(5)12(10)3)19(20-6)17-8-15-7-16(15)9-17/h15-17,19-20H,7-9H2,1-6H3. The van der Waals surface area contributed by atoms with E-state index in [-0.39, 0.29) is 0 Å². The van der Waals surface area contributed by atoms with Crippen LogP contribution in [0.2, 0.25) is 0 Å². The summed E-state index contributed by atoms with van der Waals surface area (Å²) in [6.07, 6.45) is 4.40. The molecule has 3 unspecified atom stereocenters. The molecule has 1 nitrogen and oxygen atoms in total. The first kappa shape index (κ1) is 14.1. The molecule has 0 spiro atoms. The third kappa shape index (κ3) is 2.02. The van der Waals surface area contributed by atoms with E-state index >= 15 is 0 Å². The van der Waals surface area contributed by atoms with Crippen LogP contribution in [0.25, 0.3) is 0 Å². The Morgan fingerprint density at radius 3 is 1.65 bits per heavy atom. The highest BCUT2D eigenvalue weighted by Gasteiger charge is 2.48. The van der Waals surface area contributed by atoms with Gasteiger partial charge in [0.05, 0.1) is 0 Å². The van der Waals surface area contributed by atoms with E-state index in [4.69, 9.17) is 0 Å². The van der Waals surface area contributed by atoms with E-state index in [1.54, 1.807) is 5.56 Å². The lowest BCUT2D eigenvalue weighted by Crippen LogP contribution is -2.27. The number of rotatable bonds is 3. The van der Waals surface area contributed by atoms with Crippen LogP contribution in [-0.2, 0) is 0 Å². The van der Waals surface area contributed by atoms with Gasteiger partial charge < -0.3 is 5.32 Å². The Morgan fingerprint density at radius 2 is 1.20 bits per heavy atom. The SMILES string of the molecule is CNC(c1c(C)c(C)c(C)c(C)c1C)C1CC2CC2C1. The zero-order valence-corrected chi connectivity index (χ0v) is 13.9. The van der Waals surface area contributed by atoms with Crippen LogP contribution in [0.5, 0.6) is 0 Å². The molecule has 2 saturated carbocycles. The van der Waals surface area contributed by atoms with Crippen molar-refractivity contribution in [2.75, 3.05) is 7.05 Å². The fourth-order valence-electron chi connectivity index (χ4n) is 4.65. The molecule has 0 heterocycles. The molecule has 0 aromatic heterocycles. The fraction of sp³-hybridized carbons (Fsp3) is 0.684. The van der Waals surface area contributed by atoms with E-state index in [2.05, 4.69) is 47.0 Å². The number of fused-ring (bicyclic) bond motifs is 1. The first-order valence-electron chi connectivity index (χ1n) is 8.19. The van der Waals surface area contributed by atoms with Gasteiger partial charge in [-0.3, -0.25) is 0 Å². The van der Waals surface area contributed by atoms with Gasteiger partial charge in [0.1, 0.15) is 0 Å². The minimum atomic E-state index is 0.556. The third-order valence-electron chi connectivity index (χ3n) is 6.43. The van der Waals surface area contributed by atoms with Gasteiger partial charge in [0.15, 0.2) is 0 Å². The van der Waals surface area contributed by atoms with Crippen molar-refractivity contribution in [2.24, 2.45) is 17.8 Å². The first-order valence-corrected chi connectivity index (χ1v) is 8.19. The van der Waals surface area contributed by atoms with Crippen molar-refractivity contribution in [2.45, 2.75) is 59.9 Å². The molecule has 1 aromatic carbocycles. The van der Waals surface area contributed by atoms with Gasteiger partial charge in [-0.2, -0.15) is 0 Å². The van der Waals surface area contributed by atoms with Crippen LogP contribution in [0.1, 0.15) is 58.7 Å². The summed E-state index contributed by atoms with van der Waals surface area (Å²) in [5.41, 5.74) is 9.10. The Kier molecular flexibility index (Phi) is 3.44. The Bertz CT molecular complexity index is 504. The first-order chi connectivity index (χ1) is 9.45. The van der Waals surface area contributed by atoms with Gasteiger partial charge in [0.25, 0.3) is 0 Å². The molecule has 110 valence electrons. The molecule has 0 saturated heterocycles. The summed E-state index contributed by atoms with van der Waals surface area (Å²) in [4.78, 5) is 0. The lowest BCUT2D eigenvalue weighted by molar-refractivity contribution is 0.357. The average Bonchev–Trinajstić information content (AvgIpc) is 3.05. The van der Waals surface area contributed by atoms with Crippen LogP contribution < -0.4 is 5.32 Å². The highest BCUT2D eigenvalue weighted by atomic mass is 14.9. The molecule has 3 atom stereocenters. The van der Waals surface area contributed by atoms with Gasteiger partial charge in [-0.1, -0.05) is 0 Å². The molecular formula is C19H29N. The maximum atomic E-state index is 3.66. The predicted molar refractivity (Wildman–Crippen MR) is 86.2 cm³/mol. The second-order valence-electron chi connectivity index (χ2n) is 7.29. The quantitative estimate of drug-likeness (QED) is 0.851. The van der Waals surface area contributed by atoms with Crippen LogP contribution in [0.4, 0.5) is 0 Å². The molecule has 2 fully saturated rings. The lowest BCUT2D eigenvalue weighted by Gasteiger charge is -2.30. The summed E-state index contributed by atoms with van der Waals surface area (Å²) in [6, 6.07) is 0.556. The van der Waals surface area contributed by atoms with Gasteiger partial charge in [0.2, 0.25) is 0 Å². The number of hydrogen-bond acceptors (Lipinski definition) is 1. The highest BCUT2D eigenvalue weighted by molar-refractivity contribution is 5.51. The molecule has 1 aromatic rings. The summed E-state index contributed by atoms with van der Waals surface area (Å²) in [6.45, 7) is 11.5. The van der Waals surface area contributed by atoms with E-state index in [1.807, 2.05) is 0 Å². The van der Waals surface area contributed by atoms with Crippen molar-refractivity contribution >= 4 is 0 Å². The Labute approximate surface area is 124 Å². The molecule has 2 aliphatic rings. The second-order valence-corrected chi connectivity index (χ2v) is 7.29. The Morgan fingerprint density at radius 1 is 0.750 bits per heavy atom. The van der Waals surface area contributed by atoms with Crippen LogP contribution in [0, 0.1) is 52.4 Å². The molecule has 0 amide bonds. The van der Waals surface area contributed by atoms with Crippen LogP contribution >= 0.6 is 0 Å². The molecule has 0 bridgehead atoms. The van der Waals surface area contributed by atoms with Crippen LogP contribution in [0.3, 0.4) is 0 Å². The zero-order valence-electron chi connectivity index (χ0n) is 13.9. The van der Waals surface area contributed by atoms with Gasteiger partial charge in [-0.15, -0.1) is 0 Å². The van der Waals surface area contributed by atoms with Crippen molar-refractivity contribution in [3.8, 4) is 0 Å². The van der Waals surface area contributed by atoms with Gasteiger partial charge in [-0.25, -0.2) is 0 Å². The zero-order chi connectivity index (χ0) is 14.6. The minimum Gasteiger partial charge on any atom is -0.313 e. The van der Waals surface area contributed by atoms with Crippen LogP contribution in [0.15, 0.2) is 0 Å². The maximum Gasteiger partial charge on any atom is 0.0351 e. The number of nitrogens with one attached hydrogen (secondary N) is 1. The van der Waals surface area contributed by atoms with E-state index < -0.39 is 0 Å². The summed E-state index contributed by atoms with van der Waals surface area (Å²) < 4.78 is 0. The molecular weight excluding hydrogens is 242 g/mol. The second kappa shape index (κ2) is 4.87. The summed E-state index contributed by atoms with van der Waals surface area (Å²) in [5, 5.41) is 3.66.